The number of hydrogen-bond acceptors (Lipinski definition) is 3. The third-order valence-corrected chi connectivity index (χ3v) is 6.57. The zero-order chi connectivity index (χ0) is 23.2. The van der Waals surface area contributed by atoms with Crippen molar-refractivity contribution in [3.63, 3.8) is 0 Å². The van der Waals surface area contributed by atoms with E-state index in [-0.39, 0.29) is 23.8 Å². The number of likely N-dealkylation sites (tertiary alicyclic amines) is 1. The summed E-state index contributed by atoms with van der Waals surface area (Å²) in [5, 5.41) is 8.54. The summed E-state index contributed by atoms with van der Waals surface area (Å²) in [7, 11) is 0. The van der Waals surface area contributed by atoms with Gasteiger partial charge in [-0.1, -0.05) is 61.5 Å². The van der Waals surface area contributed by atoms with Crippen molar-refractivity contribution in [3.8, 4) is 0 Å². The van der Waals surface area contributed by atoms with Gasteiger partial charge in [0.15, 0.2) is 0 Å². The Morgan fingerprint density at radius 1 is 1.03 bits per heavy atom. The minimum Gasteiger partial charge on any atom is -0.350 e. The van der Waals surface area contributed by atoms with Gasteiger partial charge in [0.05, 0.1) is 17.2 Å². The molecule has 1 aliphatic heterocycles. The van der Waals surface area contributed by atoms with Gasteiger partial charge in [0.25, 0.3) is 5.91 Å². The fourth-order valence-electron chi connectivity index (χ4n) is 4.51. The van der Waals surface area contributed by atoms with Crippen molar-refractivity contribution in [1.82, 2.24) is 10.2 Å². The van der Waals surface area contributed by atoms with Crippen molar-refractivity contribution in [1.29, 1.82) is 0 Å². The molecule has 1 fully saturated rings. The molecule has 0 saturated carbocycles. The molecular formula is C28H33N3O2. The van der Waals surface area contributed by atoms with Crippen LogP contribution in [0.5, 0.6) is 0 Å². The monoisotopic (exact) mass is 443 g/mol. The lowest BCUT2D eigenvalue weighted by Crippen LogP contribution is -2.40. The molecule has 0 aromatic heterocycles. The van der Waals surface area contributed by atoms with Crippen LogP contribution in [-0.2, 0) is 11.3 Å². The van der Waals surface area contributed by atoms with E-state index in [1.165, 1.54) is 16.3 Å². The van der Waals surface area contributed by atoms with Crippen LogP contribution in [0.4, 0.5) is 5.69 Å². The van der Waals surface area contributed by atoms with E-state index in [9.17, 15) is 9.59 Å². The van der Waals surface area contributed by atoms with E-state index in [2.05, 4.69) is 58.0 Å². The third kappa shape index (κ3) is 5.60. The van der Waals surface area contributed by atoms with E-state index in [1.807, 2.05) is 26.0 Å². The molecular weight excluding hydrogens is 410 g/mol. The Labute approximate surface area is 196 Å². The highest BCUT2D eigenvalue weighted by atomic mass is 16.2. The molecule has 5 heteroatoms. The van der Waals surface area contributed by atoms with Crippen molar-refractivity contribution in [2.24, 2.45) is 5.92 Å². The van der Waals surface area contributed by atoms with Gasteiger partial charge >= 0.3 is 0 Å². The SMILES string of the molecule is CCC(C)NC(=O)c1ccccc1NC(=O)C1CCCN(Cc2cccc3ccccc23)C1. The third-order valence-electron chi connectivity index (χ3n) is 6.57. The van der Waals surface area contributed by atoms with E-state index >= 15 is 0 Å². The van der Waals surface area contributed by atoms with Gasteiger partial charge < -0.3 is 10.6 Å². The maximum Gasteiger partial charge on any atom is 0.253 e. The van der Waals surface area contributed by atoms with E-state index in [0.717, 1.165) is 38.9 Å². The van der Waals surface area contributed by atoms with Crippen molar-refractivity contribution in [2.75, 3.05) is 18.4 Å². The van der Waals surface area contributed by atoms with Crippen LogP contribution in [0.3, 0.4) is 0 Å². The Morgan fingerprint density at radius 3 is 2.64 bits per heavy atom. The normalized spacial score (nSPS) is 17.5. The summed E-state index contributed by atoms with van der Waals surface area (Å²) >= 11 is 0. The highest BCUT2D eigenvalue weighted by Crippen LogP contribution is 2.25. The second-order valence-electron chi connectivity index (χ2n) is 9.03. The molecule has 0 radical (unpaired) electrons. The van der Waals surface area contributed by atoms with Crippen LogP contribution in [0, 0.1) is 5.92 Å². The molecule has 1 heterocycles. The Morgan fingerprint density at radius 2 is 1.79 bits per heavy atom. The maximum atomic E-state index is 13.2. The minimum absolute atomic E-state index is 0.0126. The van der Waals surface area contributed by atoms with Crippen molar-refractivity contribution in [2.45, 2.75) is 45.7 Å². The first kappa shape index (κ1) is 23.0. The largest absolute Gasteiger partial charge is 0.350 e. The number of para-hydroxylation sites is 1. The quantitative estimate of drug-likeness (QED) is 0.526. The zero-order valence-electron chi connectivity index (χ0n) is 19.5. The van der Waals surface area contributed by atoms with Crippen LogP contribution in [-0.4, -0.2) is 35.8 Å². The highest BCUT2D eigenvalue weighted by molar-refractivity contribution is 6.04. The van der Waals surface area contributed by atoms with Crippen LogP contribution in [0.15, 0.2) is 66.7 Å². The average Bonchev–Trinajstić information content (AvgIpc) is 2.84. The molecule has 172 valence electrons. The number of amides is 2. The number of carbonyl (C=O) groups is 2. The van der Waals surface area contributed by atoms with Gasteiger partial charge in [0.2, 0.25) is 5.91 Å². The van der Waals surface area contributed by atoms with E-state index in [0.29, 0.717) is 11.3 Å². The van der Waals surface area contributed by atoms with E-state index in [4.69, 9.17) is 0 Å². The highest BCUT2D eigenvalue weighted by Gasteiger charge is 2.27. The Hall–Kier alpha value is -3.18. The van der Waals surface area contributed by atoms with Crippen LogP contribution >= 0.6 is 0 Å². The molecule has 0 spiro atoms. The second-order valence-corrected chi connectivity index (χ2v) is 9.03. The molecule has 3 aromatic carbocycles. The van der Waals surface area contributed by atoms with Crippen LogP contribution in [0.2, 0.25) is 0 Å². The number of benzene rings is 3. The molecule has 0 aliphatic carbocycles. The van der Waals surface area contributed by atoms with Crippen LogP contribution in [0.25, 0.3) is 10.8 Å². The first-order valence-corrected chi connectivity index (χ1v) is 11.9. The first-order chi connectivity index (χ1) is 16.0. The van der Waals surface area contributed by atoms with Crippen LogP contribution < -0.4 is 10.6 Å². The van der Waals surface area contributed by atoms with Gasteiger partial charge in [-0.2, -0.15) is 0 Å². The summed E-state index contributed by atoms with van der Waals surface area (Å²) in [6.45, 7) is 6.55. The van der Waals surface area contributed by atoms with E-state index in [1.54, 1.807) is 12.1 Å². The maximum absolute atomic E-state index is 13.2. The number of nitrogens with one attached hydrogen (secondary N) is 2. The fourth-order valence-corrected chi connectivity index (χ4v) is 4.51. The molecule has 1 saturated heterocycles. The summed E-state index contributed by atoms with van der Waals surface area (Å²) in [6, 6.07) is 22.2. The summed E-state index contributed by atoms with van der Waals surface area (Å²) in [6.07, 6.45) is 2.70. The number of hydrogen-bond donors (Lipinski definition) is 2. The standard InChI is InChI=1S/C28H33N3O2/c1-3-20(2)29-28(33)25-15-6-7-16-26(25)30-27(32)23-13-9-17-31(19-23)18-22-12-8-11-21-10-4-5-14-24(21)22/h4-8,10-12,14-16,20,23H,3,9,13,17-19H2,1-2H3,(H,29,33)(H,30,32). The molecule has 2 unspecified atom stereocenters. The predicted molar refractivity (Wildman–Crippen MR) is 134 cm³/mol. The number of nitrogens with zero attached hydrogens (tertiary/aromatic N) is 1. The lowest BCUT2D eigenvalue weighted by atomic mass is 9.95. The first-order valence-electron chi connectivity index (χ1n) is 11.9. The Bertz CT molecular complexity index is 1120. The molecule has 1 aliphatic rings. The van der Waals surface area contributed by atoms with Gasteiger partial charge in [-0.05, 0) is 61.2 Å². The molecule has 0 bridgehead atoms. The predicted octanol–water partition coefficient (Wildman–Crippen LogP) is 5.22. The zero-order valence-corrected chi connectivity index (χ0v) is 19.5. The summed E-state index contributed by atoms with van der Waals surface area (Å²) in [4.78, 5) is 28.2. The van der Waals surface area contributed by atoms with Crippen molar-refractivity contribution >= 4 is 28.3 Å². The lowest BCUT2D eigenvalue weighted by Gasteiger charge is -2.32. The number of anilines is 1. The van der Waals surface area contributed by atoms with Crippen LogP contribution in [0.1, 0.15) is 49.0 Å². The summed E-state index contributed by atoms with van der Waals surface area (Å²) < 4.78 is 0. The fraction of sp³-hybridized carbons (Fsp3) is 0.357. The number of carbonyl (C=O) groups excluding carboxylic acids is 2. The number of fused-ring (bicyclic) bond motifs is 1. The molecule has 33 heavy (non-hydrogen) atoms. The average molecular weight is 444 g/mol. The smallest absolute Gasteiger partial charge is 0.253 e. The van der Waals surface area contributed by atoms with Gasteiger partial charge in [0.1, 0.15) is 0 Å². The minimum atomic E-state index is -0.151. The molecule has 5 nitrogen and oxygen atoms in total. The summed E-state index contributed by atoms with van der Waals surface area (Å²) in [5.41, 5.74) is 2.38. The van der Waals surface area contributed by atoms with Gasteiger partial charge in [-0.3, -0.25) is 14.5 Å². The van der Waals surface area contributed by atoms with Gasteiger partial charge in [0, 0.05) is 19.1 Å². The van der Waals surface area contributed by atoms with Crippen molar-refractivity contribution < 1.29 is 9.59 Å². The molecule has 2 N–H and O–H groups in total. The van der Waals surface area contributed by atoms with E-state index < -0.39 is 0 Å². The topological polar surface area (TPSA) is 61.4 Å². The number of piperidine rings is 1. The van der Waals surface area contributed by atoms with Crippen molar-refractivity contribution in [3.05, 3.63) is 77.9 Å². The Kier molecular flexibility index (Phi) is 7.40. The second kappa shape index (κ2) is 10.6. The molecule has 4 rings (SSSR count). The Balaban J connectivity index is 1.43. The molecule has 2 amide bonds. The molecule has 2 atom stereocenters. The summed E-state index contributed by atoms with van der Waals surface area (Å²) in [5.74, 6) is -0.262. The lowest BCUT2D eigenvalue weighted by molar-refractivity contribution is -0.121. The van der Waals surface area contributed by atoms with Gasteiger partial charge in [-0.25, -0.2) is 0 Å². The number of rotatable bonds is 7. The van der Waals surface area contributed by atoms with Gasteiger partial charge in [-0.15, -0.1) is 0 Å². The molecule has 3 aromatic rings.